The number of carbonyl (C=O) groups is 2. The van der Waals surface area contributed by atoms with Crippen LogP contribution in [0.5, 0.6) is 11.5 Å². The van der Waals surface area contributed by atoms with Gasteiger partial charge < -0.3 is 19.9 Å². The monoisotopic (exact) mass is 335 g/mol. The van der Waals surface area contributed by atoms with E-state index in [2.05, 4.69) is 5.32 Å². The number of ether oxygens (including phenoxy) is 2. The minimum absolute atomic E-state index is 0.0866. The zero-order valence-corrected chi connectivity index (χ0v) is 14.2. The standard InChI is InChI=1S/C18H25NO5/c1-12(24-16-9-4-3-8-15(16)23-2)11-19-17(20)13-6-5-7-14(10-13)18(21)22/h3-4,8-9,12-14H,5-7,10-11H2,1-2H3,(H,19,20)(H,21,22). The summed E-state index contributed by atoms with van der Waals surface area (Å²) in [6, 6.07) is 7.35. The van der Waals surface area contributed by atoms with Crippen LogP contribution in [0.2, 0.25) is 0 Å². The van der Waals surface area contributed by atoms with Gasteiger partial charge in [-0.25, -0.2) is 0 Å². The Hall–Kier alpha value is -2.24. The normalized spacial score (nSPS) is 21.6. The summed E-state index contributed by atoms with van der Waals surface area (Å²) in [5.74, 6) is -0.246. The van der Waals surface area contributed by atoms with E-state index in [0.29, 0.717) is 30.9 Å². The number of amides is 1. The SMILES string of the molecule is COc1ccccc1OC(C)CNC(=O)C1CCCC(C(=O)O)C1. The van der Waals surface area contributed by atoms with Crippen LogP contribution < -0.4 is 14.8 Å². The lowest BCUT2D eigenvalue weighted by molar-refractivity contribution is -0.144. The van der Waals surface area contributed by atoms with E-state index in [1.54, 1.807) is 7.11 Å². The molecule has 1 aliphatic carbocycles. The summed E-state index contributed by atoms with van der Waals surface area (Å²) >= 11 is 0. The van der Waals surface area contributed by atoms with Gasteiger partial charge in [0.1, 0.15) is 6.10 Å². The molecule has 24 heavy (non-hydrogen) atoms. The first-order chi connectivity index (χ1) is 11.5. The zero-order chi connectivity index (χ0) is 17.5. The first kappa shape index (κ1) is 18.1. The first-order valence-corrected chi connectivity index (χ1v) is 8.31. The van der Waals surface area contributed by atoms with E-state index >= 15 is 0 Å². The largest absolute Gasteiger partial charge is 0.493 e. The predicted molar refractivity (Wildman–Crippen MR) is 89.2 cm³/mol. The minimum atomic E-state index is -0.805. The van der Waals surface area contributed by atoms with Crippen molar-refractivity contribution in [1.29, 1.82) is 0 Å². The molecule has 0 spiro atoms. The van der Waals surface area contributed by atoms with Crippen molar-refractivity contribution in [3.05, 3.63) is 24.3 Å². The summed E-state index contributed by atoms with van der Waals surface area (Å²) in [4.78, 5) is 23.4. The molecule has 0 aliphatic heterocycles. The number of para-hydroxylation sites is 2. The second kappa shape index (κ2) is 8.57. The van der Waals surface area contributed by atoms with E-state index in [9.17, 15) is 9.59 Å². The van der Waals surface area contributed by atoms with Crippen LogP contribution in [0.3, 0.4) is 0 Å². The topological polar surface area (TPSA) is 84.9 Å². The van der Waals surface area contributed by atoms with Gasteiger partial charge in [-0.05, 0) is 38.3 Å². The van der Waals surface area contributed by atoms with E-state index in [1.807, 2.05) is 31.2 Å². The van der Waals surface area contributed by atoms with Gasteiger partial charge in [0.05, 0.1) is 19.6 Å². The lowest BCUT2D eigenvalue weighted by atomic mass is 9.81. The Bertz CT molecular complexity index is 574. The molecule has 3 unspecified atom stereocenters. The van der Waals surface area contributed by atoms with Crippen molar-refractivity contribution in [2.24, 2.45) is 11.8 Å². The molecule has 1 fully saturated rings. The average Bonchev–Trinajstić information content (AvgIpc) is 2.60. The van der Waals surface area contributed by atoms with Crippen molar-refractivity contribution in [2.75, 3.05) is 13.7 Å². The maximum atomic E-state index is 12.3. The summed E-state index contributed by atoms with van der Waals surface area (Å²) in [6.45, 7) is 2.23. The van der Waals surface area contributed by atoms with Crippen LogP contribution in [-0.2, 0) is 9.59 Å². The number of hydrogen-bond acceptors (Lipinski definition) is 4. The summed E-state index contributed by atoms with van der Waals surface area (Å²) < 4.78 is 11.0. The predicted octanol–water partition coefficient (Wildman–Crippen LogP) is 2.47. The van der Waals surface area contributed by atoms with E-state index in [1.165, 1.54) is 0 Å². The number of rotatable bonds is 7. The molecule has 1 saturated carbocycles. The smallest absolute Gasteiger partial charge is 0.306 e. The summed E-state index contributed by atoms with van der Waals surface area (Å²) in [7, 11) is 1.58. The van der Waals surface area contributed by atoms with Crippen LogP contribution in [0.1, 0.15) is 32.6 Å². The third-order valence-corrected chi connectivity index (χ3v) is 4.36. The number of carbonyl (C=O) groups excluding carboxylic acids is 1. The molecule has 0 heterocycles. The van der Waals surface area contributed by atoms with E-state index < -0.39 is 11.9 Å². The van der Waals surface area contributed by atoms with Gasteiger partial charge in [0.15, 0.2) is 11.5 Å². The molecule has 3 atom stereocenters. The van der Waals surface area contributed by atoms with Crippen LogP contribution in [0, 0.1) is 11.8 Å². The van der Waals surface area contributed by atoms with Gasteiger partial charge in [0.25, 0.3) is 0 Å². The average molecular weight is 335 g/mol. The highest BCUT2D eigenvalue weighted by Gasteiger charge is 2.31. The van der Waals surface area contributed by atoms with Gasteiger partial charge in [0.2, 0.25) is 5.91 Å². The molecule has 2 rings (SSSR count). The maximum Gasteiger partial charge on any atom is 0.306 e. The first-order valence-electron chi connectivity index (χ1n) is 8.31. The van der Waals surface area contributed by atoms with Gasteiger partial charge in [-0.15, -0.1) is 0 Å². The Morgan fingerprint density at radius 1 is 1.25 bits per heavy atom. The van der Waals surface area contributed by atoms with Gasteiger partial charge in [-0.3, -0.25) is 9.59 Å². The molecule has 0 aromatic heterocycles. The Balaban J connectivity index is 1.81. The van der Waals surface area contributed by atoms with E-state index in [0.717, 1.165) is 12.8 Å². The zero-order valence-electron chi connectivity index (χ0n) is 14.2. The lowest BCUT2D eigenvalue weighted by Crippen LogP contribution is -2.39. The molecule has 1 aromatic rings. The second-order valence-corrected chi connectivity index (χ2v) is 6.22. The van der Waals surface area contributed by atoms with Crippen molar-refractivity contribution in [1.82, 2.24) is 5.32 Å². The molecule has 1 aliphatic rings. The molecule has 0 saturated heterocycles. The lowest BCUT2D eigenvalue weighted by Gasteiger charge is -2.26. The fourth-order valence-corrected chi connectivity index (χ4v) is 3.02. The van der Waals surface area contributed by atoms with Crippen molar-refractivity contribution in [3.63, 3.8) is 0 Å². The van der Waals surface area contributed by atoms with Gasteiger partial charge >= 0.3 is 5.97 Å². The Morgan fingerprint density at radius 2 is 1.92 bits per heavy atom. The van der Waals surface area contributed by atoms with Crippen LogP contribution in [0.4, 0.5) is 0 Å². The summed E-state index contributed by atoms with van der Waals surface area (Å²) in [5.41, 5.74) is 0. The number of methoxy groups -OCH3 is 1. The summed E-state index contributed by atoms with van der Waals surface area (Å²) in [5, 5.41) is 12.0. The van der Waals surface area contributed by atoms with Crippen molar-refractivity contribution in [3.8, 4) is 11.5 Å². The molecule has 1 amide bonds. The molecule has 6 heteroatoms. The third kappa shape index (κ3) is 4.88. The van der Waals surface area contributed by atoms with Gasteiger partial charge in [-0.2, -0.15) is 0 Å². The number of hydrogen-bond donors (Lipinski definition) is 2. The van der Waals surface area contributed by atoms with Gasteiger partial charge in [-0.1, -0.05) is 18.6 Å². The molecule has 2 N–H and O–H groups in total. The van der Waals surface area contributed by atoms with Crippen LogP contribution in [0.15, 0.2) is 24.3 Å². The van der Waals surface area contributed by atoms with Crippen molar-refractivity contribution >= 4 is 11.9 Å². The maximum absolute atomic E-state index is 12.3. The van der Waals surface area contributed by atoms with E-state index in [-0.39, 0.29) is 17.9 Å². The number of carboxylic acids is 1. The minimum Gasteiger partial charge on any atom is -0.493 e. The van der Waals surface area contributed by atoms with E-state index in [4.69, 9.17) is 14.6 Å². The number of aliphatic carboxylic acids is 1. The second-order valence-electron chi connectivity index (χ2n) is 6.22. The fraction of sp³-hybridized carbons (Fsp3) is 0.556. The quantitative estimate of drug-likeness (QED) is 0.799. The highest BCUT2D eigenvalue weighted by molar-refractivity contribution is 5.80. The molecule has 6 nitrogen and oxygen atoms in total. The van der Waals surface area contributed by atoms with Crippen molar-refractivity contribution < 1.29 is 24.2 Å². The fourth-order valence-electron chi connectivity index (χ4n) is 3.02. The van der Waals surface area contributed by atoms with Crippen LogP contribution in [0.25, 0.3) is 0 Å². The van der Waals surface area contributed by atoms with Gasteiger partial charge in [0, 0.05) is 5.92 Å². The third-order valence-electron chi connectivity index (χ3n) is 4.36. The highest BCUT2D eigenvalue weighted by Crippen LogP contribution is 2.29. The van der Waals surface area contributed by atoms with Crippen LogP contribution in [-0.4, -0.2) is 36.7 Å². The molecular weight excluding hydrogens is 310 g/mol. The summed E-state index contributed by atoms with van der Waals surface area (Å²) in [6.07, 6.45) is 2.39. The number of benzene rings is 1. The molecular formula is C18H25NO5. The Morgan fingerprint density at radius 3 is 2.58 bits per heavy atom. The highest BCUT2D eigenvalue weighted by atomic mass is 16.5. The van der Waals surface area contributed by atoms with Crippen LogP contribution >= 0.6 is 0 Å². The number of nitrogens with one attached hydrogen (secondary N) is 1. The Labute approximate surface area is 142 Å². The molecule has 0 radical (unpaired) electrons. The Kier molecular flexibility index (Phi) is 6.46. The molecule has 0 bridgehead atoms. The number of carboxylic acid groups (broad SMARTS) is 1. The molecule has 132 valence electrons. The molecule has 1 aromatic carbocycles. The van der Waals surface area contributed by atoms with Crippen molar-refractivity contribution in [2.45, 2.75) is 38.7 Å².